The van der Waals surface area contributed by atoms with Crippen molar-refractivity contribution < 1.29 is 23.9 Å². The monoisotopic (exact) mass is 272 g/mol. The largest absolute Gasteiger partial charge is 0.465 e. The van der Waals surface area contributed by atoms with Gasteiger partial charge in [-0.1, -0.05) is 13.8 Å². The predicted octanol–water partition coefficient (Wildman–Crippen LogP) is 2.12. The van der Waals surface area contributed by atoms with Crippen LogP contribution < -0.4 is 0 Å². The fourth-order valence-electron chi connectivity index (χ4n) is 2.25. The van der Waals surface area contributed by atoms with Crippen LogP contribution >= 0.6 is 0 Å². The lowest BCUT2D eigenvalue weighted by Gasteiger charge is -2.33. The Kier molecular flexibility index (Phi) is 7.34. The molecular weight excluding hydrogens is 248 g/mol. The van der Waals surface area contributed by atoms with E-state index in [1.54, 1.807) is 27.7 Å². The van der Waals surface area contributed by atoms with E-state index in [-0.39, 0.29) is 31.8 Å². The Morgan fingerprint density at radius 3 is 1.68 bits per heavy atom. The lowest BCUT2D eigenvalue weighted by atomic mass is 9.72. The van der Waals surface area contributed by atoms with Gasteiger partial charge in [0.1, 0.15) is 5.78 Å². The molecule has 0 heterocycles. The highest BCUT2D eigenvalue weighted by molar-refractivity contribution is 6.00. The summed E-state index contributed by atoms with van der Waals surface area (Å²) < 4.78 is 10.0. The zero-order chi connectivity index (χ0) is 15.1. The molecule has 0 fully saturated rings. The number of carbonyl (C=O) groups excluding carboxylic acids is 3. The molecule has 0 aliphatic heterocycles. The van der Waals surface area contributed by atoms with Crippen LogP contribution in [0, 0.1) is 11.3 Å². The quantitative estimate of drug-likeness (QED) is 0.500. The van der Waals surface area contributed by atoms with Crippen molar-refractivity contribution in [3.8, 4) is 0 Å². The molecule has 0 spiro atoms. The van der Waals surface area contributed by atoms with Crippen LogP contribution in [0.2, 0.25) is 0 Å². The number of hydrogen-bond donors (Lipinski definition) is 0. The molecule has 0 amide bonds. The average Bonchev–Trinajstić information content (AvgIpc) is 2.30. The lowest BCUT2D eigenvalue weighted by Crippen LogP contribution is -2.47. The van der Waals surface area contributed by atoms with Gasteiger partial charge in [-0.3, -0.25) is 9.59 Å². The van der Waals surface area contributed by atoms with Crippen molar-refractivity contribution in [1.82, 2.24) is 0 Å². The first-order valence-corrected chi connectivity index (χ1v) is 6.70. The standard InChI is InChI=1S/C14H24O5/c1-6-14(12(16)18-7-2,13(17)19-8-3)10(4)9-11(5)15/h10H,6-9H2,1-5H3. The third kappa shape index (κ3) is 4.04. The van der Waals surface area contributed by atoms with Crippen molar-refractivity contribution in [2.45, 2.75) is 47.5 Å². The minimum Gasteiger partial charge on any atom is -0.465 e. The first kappa shape index (κ1) is 17.6. The van der Waals surface area contributed by atoms with Crippen LogP contribution in [0.3, 0.4) is 0 Å². The zero-order valence-corrected chi connectivity index (χ0v) is 12.4. The number of esters is 2. The van der Waals surface area contributed by atoms with Gasteiger partial charge < -0.3 is 14.3 Å². The molecular formula is C14H24O5. The Labute approximate surface area is 114 Å². The van der Waals surface area contributed by atoms with Crippen LogP contribution in [0.4, 0.5) is 0 Å². The second-order valence-corrected chi connectivity index (χ2v) is 4.57. The summed E-state index contributed by atoms with van der Waals surface area (Å²) in [6, 6.07) is 0. The summed E-state index contributed by atoms with van der Waals surface area (Å²) in [5, 5.41) is 0. The topological polar surface area (TPSA) is 69.7 Å². The van der Waals surface area contributed by atoms with Crippen LogP contribution in [0.25, 0.3) is 0 Å². The van der Waals surface area contributed by atoms with E-state index in [4.69, 9.17) is 9.47 Å². The Hall–Kier alpha value is -1.39. The predicted molar refractivity (Wildman–Crippen MR) is 70.5 cm³/mol. The highest BCUT2D eigenvalue weighted by Crippen LogP contribution is 2.37. The second-order valence-electron chi connectivity index (χ2n) is 4.57. The fraction of sp³-hybridized carbons (Fsp3) is 0.786. The van der Waals surface area contributed by atoms with Gasteiger partial charge in [-0.05, 0) is 33.1 Å². The summed E-state index contributed by atoms with van der Waals surface area (Å²) in [6.07, 6.45) is 0.393. The molecule has 0 aromatic rings. The normalized spacial score (nSPS) is 12.7. The van der Waals surface area contributed by atoms with Crippen molar-refractivity contribution in [3.63, 3.8) is 0 Å². The highest BCUT2D eigenvalue weighted by atomic mass is 16.6. The molecule has 1 unspecified atom stereocenters. The van der Waals surface area contributed by atoms with Crippen molar-refractivity contribution in [1.29, 1.82) is 0 Å². The summed E-state index contributed by atoms with van der Waals surface area (Å²) in [6.45, 7) is 8.61. The second kappa shape index (κ2) is 7.92. The molecule has 5 heteroatoms. The van der Waals surface area contributed by atoms with E-state index in [0.717, 1.165) is 0 Å². The summed E-state index contributed by atoms with van der Waals surface area (Å²) in [5.74, 6) is -1.73. The molecule has 0 saturated heterocycles. The van der Waals surface area contributed by atoms with Gasteiger partial charge in [0.15, 0.2) is 5.41 Å². The number of carbonyl (C=O) groups is 3. The minimum atomic E-state index is -1.39. The maximum atomic E-state index is 12.2. The van der Waals surface area contributed by atoms with Gasteiger partial charge in [0, 0.05) is 6.42 Å². The molecule has 0 aliphatic rings. The van der Waals surface area contributed by atoms with Crippen LogP contribution in [-0.4, -0.2) is 30.9 Å². The molecule has 1 atom stereocenters. The Balaban J connectivity index is 5.45. The van der Waals surface area contributed by atoms with Crippen molar-refractivity contribution in [3.05, 3.63) is 0 Å². The molecule has 0 aromatic heterocycles. The number of ether oxygens (including phenoxy) is 2. The summed E-state index contributed by atoms with van der Waals surface area (Å²) >= 11 is 0. The molecule has 0 rings (SSSR count). The number of Topliss-reactive ketones (excluding diaryl/α,β-unsaturated/α-hetero) is 1. The molecule has 0 N–H and O–H groups in total. The van der Waals surface area contributed by atoms with Gasteiger partial charge in [-0.15, -0.1) is 0 Å². The maximum absolute atomic E-state index is 12.2. The Bertz CT molecular complexity index is 317. The molecule has 19 heavy (non-hydrogen) atoms. The van der Waals surface area contributed by atoms with E-state index < -0.39 is 23.3 Å². The summed E-state index contributed by atoms with van der Waals surface area (Å²) in [7, 11) is 0. The summed E-state index contributed by atoms with van der Waals surface area (Å²) in [5.41, 5.74) is -1.39. The van der Waals surface area contributed by atoms with Crippen molar-refractivity contribution in [2.75, 3.05) is 13.2 Å². The van der Waals surface area contributed by atoms with Crippen LogP contribution in [0.15, 0.2) is 0 Å². The lowest BCUT2D eigenvalue weighted by molar-refractivity contribution is -0.177. The Morgan fingerprint density at radius 2 is 1.42 bits per heavy atom. The fourth-order valence-corrected chi connectivity index (χ4v) is 2.25. The van der Waals surface area contributed by atoms with E-state index in [0.29, 0.717) is 0 Å². The third-order valence-electron chi connectivity index (χ3n) is 3.27. The molecule has 0 radical (unpaired) electrons. The van der Waals surface area contributed by atoms with Gasteiger partial charge in [0.25, 0.3) is 0 Å². The van der Waals surface area contributed by atoms with E-state index in [1.807, 2.05) is 0 Å². The van der Waals surface area contributed by atoms with Crippen LogP contribution in [0.1, 0.15) is 47.5 Å². The Morgan fingerprint density at radius 1 is 1.00 bits per heavy atom. The van der Waals surface area contributed by atoms with Crippen molar-refractivity contribution >= 4 is 17.7 Å². The smallest absolute Gasteiger partial charge is 0.323 e. The summed E-state index contributed by atoms with van der Waals surface area (Å²) in [4.78, 5) is 35.7. The molecule has 0 aliphatic carbocycles. The van der Waals surface area contributed by atoms with Gasteiger partial charge in [0.2, 0.25) is 0 Å². The highest BCUT2D eigenvalue weighted by Gasteiger charge is 2.51. The molecule has 0 bridgehead atoms. The zero-order valence-electron chi connectivity index (χ0n) is 12.4. The number of rotatable bonds is 8. The van der Waals surface area contributed by atoms with Crippen molar-refractivity contribution in [2.24, 2.45) is 11.3 Å². The van der Waals surface area contributed by atoms with E-state index in [1.165, 1.54) is 6.92 Å². The van der Waals surface area contributed by atoms with Crippen LogP contribution in [-0.2, 0) is 23.9 Å². The first-order chi connectivity index (χ1) is 8.86. The van der Waals surface area contributed by atoms with Gasteiger partial charge in [0.05, 0.1) is 13.2 Å². The van der Waals surface area contributed by atoms with E-state index >= 15 is 0 Å². The average molecular weight is 272 g/mol. The number of ketones is 1. The third-order valence-corrected chi connectivity index (χ3v) is 3.27. The van der Waals surface area contributed by atoms with Gasteiger partial charge in [-0.2, -0.15) is 0 Å². The van der Waals surface area contributed by atoms with Crippen LogP contribution in [0.5, 0.6) is 0 Å². The van der Waals surface area contributed by atoms with Gasteiger partial charge in [-0.25, -0.2) is 0 Å². The van der Waals surface area contributed by atoms with E-state index in [2.05, 4.69) is 0 Å². The molecule has 5 nitrogen and oxygen atoms in total. The van der Waals surface area contributed by atoms with E-state index in [9.17, 15) is 14.4 Å². The number of hydrogen-bond acceptors (Lipinski definition) is 5. The molecule has 0 aromatic carbocycles. The molecule has 0 saturated carbocycles. The SMILES string of the molecule is CCOC(=O)C(CC)(C(=O)OCC)C(C)CC(C)=O. The first-order valence-electron chi connectivity index (χ1n) is 6.70. The molecule has 110 valence electrons. The van der Waals surface area contributed by atoms with Gasteiger partial charge >= 0.3 is 11.9 Å². The minimum absolute atomic E-state index is 0.0704. The maximum Gasteiger partial charge on any atom is 0.323 e.